The number of imidazole rings is 1. The second kappa shape index (κ2) is 7.86. The molecule has 1 aliphatic rings. The number of aromatic nitrogens is 5. The van der Waals surface area contributed by atoms with Crippen molar-refractivity contribution >= 4 is 17.1 Å². The number of carbonyl (C=O) groups excluding carboxylic acids is 1. The normalized spacial score (nSPS) is 21.1. The molecule has 0 bridgehead atoms. The first-order chi connectivity index (χ1) is 15.0. The number of carbonyl (C=O) groups is 1. The summed E-state index contributed by atoms with van der Waals surface area (Å²) in [6.07, 6.45) is 4.00. The molecule has 9 heteroatoms. The second-order valence-electron chi connectivity index (χ2n) is 10.8. The number of nitrogens with zero attached hydrogens (tertiary/aromatic N) is 5. The van der Waals surface area contributed by atoms with Crippen LogP contribution in [0.15, 0.2) is 27.8 Å². The molecule has 2 unspecified atom stereocenters. The summed E-state index contributed by atoms with van der Waals surface area (Å²) >= 11 is 0. The summed E-state index contributed by atoms with van der Waals surface area (Å²) in [5, 5.41) is 10.3. The summed E-state index contributed by atoms with van der Waals surface area (Å²) < 4.78 is 8.00. The molecule has 4 rings (SSSR count). The number of nitrogens with one attached hydrogen (secondary N) is 1. The van der Waals surface area contributed by atoms with Crippen LogP contribution in [0.25, 0.3) is 11.2 Å². The minimum absolute atomic E-state index is 0.0173. The number of hydrogen-bond acceptors (Lipinski definition) is 6. The first kappa shape index (κ1) is 22.2. The Morgan fingerprint density at radius 2 is 2.06 bits per heavy atom. The van der Waals surface area contributed by atoms with Crippen LogP contribution in [0.4, 0.5) is 0 Å². The van der Waals surface area contributed by atoms with E-state index < -0.39 is 0 Å². The smallest absolute Gasteiger partial charge is 0.330 e. The molecule has 1 aliphatic carbocycles. The van der Waals surface area contributed by atoms with Crippen molar-refractivity contribution in [2.75, 3.05) is 0 Å². The Morgan fingerprint density at radius 1 is 1.31 bits per heavy atom. The zero-order valence-electron chi connectivity index (χ0n) is 19.7. The van der Waals surface area contributed by atoms with E-state index in [0.717, 1.165) is 30.5 Å². The molecule has 0 aromatic carbocycles. The molecule has 172 valence electrons. The largest absolute Gasteiger partial charge is 0.347 e. The molecule has 1 fully saturated rings. The average Bonchev–Trinajstić information content (AvgIpc) is 3.33. The summed E-state index contributed by atoms with van der Waals surface area (Å²) in [5.41, 5.74) is 2.58. The highest BCUT2D eigenvalue weighted by atomic mass is 16.6. The van der Waals surface area contributed by atoms with Crippen LogP contribution in [0.2, 0.25) is 0 Å². The van der Waals surface area contributed by atoms with Crippen molar-refractivity contribution in [2.45, 2.75) is 72.4 Å². The first-order valence-electron chi connectivity index (χ1n) is 11.1. The van der Waals surface area contributed by atoms with Gasteiger partial charge in [0, 0.05) is 31.2 Å². The van der Waals surface area contributed by atoms with E-state index in [2.05, 4.69) is 54.9 Å². The van der Waals surface area contributed by atoms with Crippen LogP contribution >= 0.6 is 0 Å². The Balaban J connectivity index is 1.61. The van der Waals surface area contributed by atoms with Gasteiger partial charge in [0.15, 0.2) is 11.3 Å². The fourth-order valence-electron chi connectivity index (χ4n) is 4.60. The zero-order chi connectivity index (χ0) is 23.3. The minimum Gasteiger partial charge on any atom is -0.347 e. The van der Waals surface area contributed by atoms with Crippen molar-refractivity contribution in [2.24, 2.45) is 17.9 Å². The third-order valence-electron chi connectivity index (χ3n) is 6.55. The topological polar surface area (TPSA) is 108 Å². The SMILES string of the molecule is Cn1c(=O)n(CC(C)(C)C)c2ccc(C3CCC(C)(C)C(NC(=O)c4cnon4)C3)nc21. The fourth-order valence-corrected chi connectivity index (χ4v) is 4.60. The second-order valence-corrected chi connectivity index (χ2v) is 10.8. The number of fused-ring (bicyclic) bond motifs is 1. The van der Waals surface area contributed by atoms with E-state index in [1.54, 1.807) is 11.6 Å². The molecule has 32 heavy (non-hydrogen) atoms. The molecule has 0 saturated heterocycles. The van der Waals surface area contributed by atoms with E-state index in [4.69, 9.17) is 4.98 Å². The van der Waals surface area contributed by atoms with E-state index in [1.807, 2.05) is 16.7 Å². The highest BCUT2D eigenvalue weighted by Gasteiger charge is 2.39. The van der Waals surface area contributed by atoms with Gasteiger partial charge in [-0.15, -0.1) is 0 Å². The van der Waals surface area contributed by atoms with Gasteiger partial charge in [-0.25, -0.2) is 14.4 Å². The molecule has 1 N–H and O–H groups in total. The molecule has 1 amide bonds. The molecule has 0 spiro atoms. The van der Waals surface area contributed by atoms with Crippen molar-refractivity contribution in [3.8, 4) is 0 Å². The summed E-state index contributed by atoms with van der Waals surface area (Å²) in [6, 6.07) is 4.00. The highest BCUT2D eigenvalue weighted by molar-refractivity contribution is 5.92. The van der Waals surface area contributed by atoms with Crippen molar-refractivity contribution in [3.05, 3.63) is 40.2 Å². The Bertz CT molecular complexity index is 1180. The van der Waals surface area contributed by atoms with Gasteiger partial charge in [-0.2, -0.15) is 0 Å². The van der Waals surface area contributed by atoms with Crippen LogP contribution in [0, 0.1) is 10.8 Å². The summed E-state index contributed by atoms with van der Waals surface area (Å²) in [5.74, 6) is -0.0933. The van der Waals surface area contributed by atoms with Crippen LogP contribution in [-0.2, 0) is 13.6 Å². The van der Waals surface area contributed by atoms with Crippen LogP contribution in [0.3, 0.4) is 0 Å². The first-order valence-corrected chi connectivity index (χ1v) is 11.1. The molecule has 9 nitrogen and oxygen atoms in total. The van der Waals surface area contributed by atoms with Crippen LogP contribution in [-0.4, -0.2) is 36.4 Å². The Kier molecular flexibility index (Phi) is 5.46. The van der Waals surface area contributed by atoms with E-state index >= 15 is 0 Å². The molecule has 0 radical (unpaired) electrons. The Hall–Kier alpha value is -2.97. The van der Waals surface area contributed by atoms with Gasteiger partial charge in [0.05, 0.1) is 5.52 Å². The van der Waals surface area contributed by atoms with Gasteiger partial charge >= 0.3 is 5.69 Å². The maximum absolute atomic E-state index is 12.8. The lowest BCUT2D eigenvalue weighted by Crippen LogP contribution is -2.48. The van der Waals surface area contributed by atoms with Crippen molar-refractivity contribution in [3.63, 3.8) is 0 Å². The molecule has 0 aliphatic heterocycles. The monoisotopic (exact) mass is 440 g/mol. The van der Waals surface area contributed by atoms with E-state index in [1.165, 1.54) is 6.20 Å². The van der Waals surface area contributed by atoms with Gasteiger partial charge in [-0.3, -0.25) is 13.9 Å². The van der Waals surface area contributed by atoms with Gasteiger partial charge in [-0.05, 0) is 47.4 Å². The maximum atomic E-state index is 12.8. The molecule has 3 aromatic heterocycles. The number of pyridine rings is 1. The average molecular weight is 441 g/mol. The predicted molar refractivity (Wildman–Crippen MR) is 120 cm³/mol. The van der Waals surface area contributed by atoms with Gasteiger partial charge < -0.3 is 5.32 Å². The van der Waals surface area contributed by atoms with Crippen molar-refractivity contribution in [1.82, 2.24) is 29.7 Å². The number of rotatable bonds is 4. The molecular weight excluding hydrogens is 408 g/mol. The third kappa shape index (κ3) is 4.20. The summed E-state index contributed by atoms with van der Waals surface area (Å²) in [7, 11) is 1.78. The molecule has 3 heterocycles. The number of amides is 1. The predicted octanol–water partition coefficient (Wildman–Crippen LogP) is 3.26. The summed E-state index contributed by atoms with van der Waals surface area (Å²) in [6.45, 7) is 11.3. The van der Waals surface area contributed by atoms with E-state index in [-0.39, 0.29) is 40.1 Å². The standard InChI is InChI=1S/C23H32N6O3/c1-22(2,3)13-29-17-8-7-15(25-19(17)28(6)21(29)31)14-9-10-23(4,5)18(11-14)26-20(30)16-12-24-32-27-16/h7-8,12,14,18H,9-11,13H2,1-6H3,(H,26,30). The highest BCUT2D eigenvalue weighted by Crippen LogP contribution is 2.42. The quantitative estimate of drug-likeness (QED) is 0.667. The van der Waals surface area contributed by atoms with Gasteiger partial charge in [0.25, 0.3) is 5.91 Å². The minimum atomic E-state index is -0.282. The summed E-state index contributed by atoms with van der Waals surface area (Å²) in [4.78, 5) is 30.3. The number of hydrogen-bond donors (Lipinski definition) is 1. The zero-order valence-corrected chi connectivity index (χ0v) is 19.7. The fraction of sp³-hybridized carbons (Fsp3) is 0.609. The van der Waals surface area contributed by atoms with Gasteiger partial charge in [0.1, 0.15) is 6.20 Å². The van der Waals surface area contributed by atoms with Crippen LogP contribution in [0.1, 0.15) is 76.0 Å². The molecule has 2 atom stereocenters. The Labute approximate surface area is 187 Å². The lowest BCUT2D eigenvalue weighted by atomic mass is 9.68. The maximum Gasteiger partial charge on any atom is 0.330 e. The van der Waals surface area contributed by atoms with Crippen LogP contribution < -0.4 is 11.0 Å². The van der Waals surface area contributed by atoms with Gasteiger partial charge in [0.2, 0.25) is 0 Å². The molecule has 1 saturated carbocycles. The van der Waals surface area contributed by atoms with E-state index in [0.29, 0.717) is 12.2 Å². The van der Waals surface area contributed by atoms with Crippen molar-refractivity contribution < 1.29 is 9.42 Å². The van der Waals surface area contributed by atoms with Crippen LogP contribution in [0.5, 0.6) is 0 Å². The number of aryl methyl sites for hydroxylation is 1. The lowest BCUT2D eigenvalue weighted by molar-refractivity contribution is 0.0827. The van der Waals surface area contributed by atoms with Gasteiger partial charge in [-0.1, -0.05) is 39.8 Å². The lowest BCUT2D eigenvalue weighted by Gasteiger charge is -2.42. The molecule has 3 aromatic rings. The van der Waals surface area contributed by atoms with E-state index in [9.17, 15) is 9.59 Å². The third-order valence-corrected chi connectivity index (χ3v) is 6.55. The van der Waals surface area contributed by atoms with Crippen molar-refractivity contribution in [1.29, 1.82) is 0 Å². The molecular formula is C23H32N6O3. The Morgan fingerprint density at radius 3 is 2.72 bits per heavy atom.